The van der Waals surface area contributed by atoms with E-state index in [1.54, 1.807) is 24.5 Å². The summed E-state index contributed by atoms with van der Waals surface area (Å²) in [4.78, 5) is 16.1. The number of carbonyl (C=O) groups is 1. The lowest BCUT2D eigenvalue weighted by molar-refractivity contribution is 0.0948. The molecule has 0 unspecified atom stereocenters. The van der Waals surface area contributed by atoms with Crippen molar-refractivity contribution in [3.63, 3.8) is 0 Å². The second-order valence-electron chi connectivity index (χ2n) is 5.51. The lowest BCUT2D eigenvalue weighted by Gasteiger charge is -2.06. The molecule has 0 saturated heterocycles. The molecule has 0 fully saturated rings. The van der Waals surface area contributed by atoms with E-state index in [0.29, 0.717) is 24.6 Å². The first kappa shape index (κ1) is 16.6. The Morgan fingerprint density at radius 2 is 1.76 bits per heavy atom. The molecular weight excluding hydrogens is 314 g/mol. The molecule has 2 N–H and O–H groups in total. The molecule has 6 heteroatoms. The van der Waals surface area contributed by atoms with E-state index < -0.39 is 0 Å². The monoisotopic (exact) mass is 333 g/mol. The molecule has 6 nitrogen and oxygen atoms in total. The number of carbonyl (C=O) groups excluding carboxylic acids is 1. The van der Waals surface area contributed by atoms with Crippen LogP contribution in [0.15, 0.2) is 67.0 Å². The Labute approximate surface area is 146 Å². The first-order chi connectivity index (χ1) is 12.3. The van der Waals surface area contributed by atoms with Gasteiger partial charge in [0.25, 0.3) is 5.91 Å². The normalized spacial score (nSPS) is 10.2. The van der Waals surface area contributed by atoms with Gasteiger partial charge in [0.15, 0.2) is 5.69 Å². The molecule has 0 aliphatic rings. The molecule has 2 heterocycles. The van der Waals surface area contributed by atoms with E-state index in [0.717, 1.165) is 12.0 Å². The zero-order valence-electron chi connectivity index (χ0n) is 13.7. The Kier molecular flexibility index (Phi) is 5.66. The quantitative estimate of drug-likeness (QED) is 0.694. The molecule has 1 amide bonds. The molecule has 0 radical (unpaired) electrons. The first-order valence-electron chi connectivity index (χ1n) is 8.10. The maximum atomic E-state index is 12.1. The van der Waals surface area contributed by atoms with Crippen LogP contribution >= 0.6 is 0 Å². The van der Waals surface area contributed by atoms with Gasteiger partial charge in [0.1, 0.15) is 5.82 Å². The van der Waals surface area contributed by atoms with E-state index in [9.17, 15) is 4.79 Å². The average Bonchev–Trinajstić information content (AvgIpc) is 2.68. The van der Waals surface area contributed by atoms with E-state index in [4.69, 9.17) is 0 Å². The molecular formula is C19H19N5O. The van der Waals surface area contributed by atoms with Gasteiger partial charge in [0.2, 0.25) is 0 Å². The molecule has 0 spiro atoms. The molecule has 25 heavy (non-hydrogen) atoms. The summed E-state index contributed by atoms with van der Waals surface area (Å²) in [5.74, 6) is 0.395. The molecule has 0 aliphatic carbocycles. The van der Waals surface area contributed by atoms with Crippen molar-refractivity contribution in [3.8, 4) is 0 Å². The van der Waals surface area contributed by atoms with Crippen molar-refractivity contribution >= 4 is 11.7 Å². The first-order valence-corrected chi connectivity index (χ1v) is 8.10. The predicted molar refractivity (Wildman–Crippen MR) is 96.1 cm³/mol. The molecule has 3 aromatic rings. The van der Waals surface area contributed by atoms with Gasteiger partial charge in [0.05, 0.1) is 0 Å². The van der Waals surface area contributed by atoms with Crippen molar-refractivity contribution in [2.45, 2.75) is 13.0 Å². The molecule has 1 aromatic carbocycles. The summed E-state index contributed by atoms with van der Waals surface area (Å²) >= 11 is 0. The van der Waals surface area contributed by atoms with Gasteiger partial charge < -0.3 is 10.6 Å². The maximum Gasteiger partial charge on any atom is 0.271 e. The van der Waals surface area contributed by atoms with Crippen LogP contribution in [0.3, 0.4) is 0 Å². The number of nitrogens with zero attached hydrogens (tertiary/aromatic N) is 3. The maximum absolute atomic E-state index is 12.1. The number of benzene rings is 1. The highest BCUT2D eigenvalue weighted by Crippen LogP contribution is 2.05. The third kappa shape index (κ3) is 5.10. The second-order valence-corrected chi connectivity index (χ2v) is 5.51. The Morgan fingerprint density at radius 1 is 0.920 bits per heavy atom. The van der Waals surface area contributed by atoms with Crippen LogP contribution in [0.2, 0.25) is 0 Å². The van der Waals surface area contributed by atoms with E-state index in [1.165, 1.54) is 5.56 Å². The Balaban J connectivity index is 1.47. The van der Waals surface area contributed by atoms with Gasteiger partial charge in [-0.25, -0.2) is 0 Å². The molecule has 0 bridgehead atoms. The zero-order valence-corrected chi connectivity index (χ0v) is 13.7. The van der Waals surface area contributed by atoms with Crippen molar-refractivity contribution in [2.75, 3.05) is 11.9 Å². The fourth-order valence-corrected chi connectivity index (χ4v) is 2.30. The van der Waals surface area contributed by atoms with Crippen LogP contribution in [0.4, 0.5) is 5.82 Å². The van der Waals surface area contributed by atoms with Crippen LogP contribution in [0.1, 0.15) is 21.6 Å². The lowest BCUT2D eigenvalue weighted by atomic mass is 10.1. The summed E-state index contributed by atoms with van der Waals surface area (Å²) in [5, 5.41) is 14.0. The minimum atomic E-state index is -0.220. The Morgan fingerprint density at radius 3 is 2.48 bits per heavy atom. The number of hydrogen-bond acceptors (Lipinski definition) is 5. The summed E-state index contributed by atoms with van der Waals surface area (Å²) in [7, 11) is 0. The summed E-state index contributed by atoms with van der Waals surface area (Å²) in [6.07, 6.45) is 4.30. The van der Waals surface area contributed by atoms with Crippen LogP contribution in [0.5, 0.6) is 0 Å². The van der Waals surface area contributed by atoms with Crippen LogP contribution in [0.25, 0.3) is 0 Å². The van der Waals surface area contributed by atoms with Crippen LogP contribution in [-0.4, -0.2) is 27.6 Å². The molecule has 3 rings (SSSR count). The minimum Gasteiger partial charge on any atom is -0.364 e. The van der Waals surface area contributed by atoms with Gasteiger partial charge >= 0.3 is 0 Å². The number of nitrogens with one attached hydrogen (secondary N) is 2. The topological polar surface area (TPSA) is 79.8 Å². The summed E-state index contributed by atoms with van der Waals surface area (Å²) in [6.45, 7) is 1.16. The van der Waals surface area contributed by atoms with Crippen molar-refractivity contribution in [1.82, 2.24) is 20.5 Å². The van der Waals surface area contributed by atoms with Gasteiger partial charge in [-0.1, -0.05) is 36.4 Å². The molecule has 0 aliphatic heterocycles. The average molecular weight is 333 g/mol. The van der Waals surface area contributed by atoms with Crippen LogP contribution in [0, 0.1) is 0 Å². The van der Waals surface area contributed by atoms with Gasteiger partial charge in [-0.05, 0) is 35.7 Å². The smallest absolute Gasteiger partial charge is 0.271 e. The highest BCUT2D eigenvalue weighted by atomic mass is 16.1. The van der Waals surface area contributed by atoms with Crippen LogP contribution in [-0.2, 0) is 13.0 Å². The van der Waals surface area contributed by atoms with Gasteiger partial charge in [-0.2, -0.15) is 0 Å². The minimum absolute atomic E-state index is 0.220. The number of hydrogen-bond donors (Lipinski definition) is 2. The van der Waals surface area contributed by atoms with Gasteiger partial charge in [0, 0.05) is 25.5 Å². The van der Waals surface area contributed by atoms with E-state index in [2.05, 4.69) is 25.8 Å². The number of amides is 1. The fraction of sp³-hybridized carbons (Fsp3) is 0.158. The third-order valence-electron chi connectivity index (χ3n) is 3.64. The molecule has 0 saturated carbocycles. The standard InChI is InChI=1S/C19H19N5O/c25-19(21-12-10-15-5-2-1-3-6-15)17-8-9-18(24-23-17)22-14-16-7-4-11-20-13-16/h1-9,11,13H,10,12,14H2,(H,21,25)(H,22,24). The SMILES string of the molecule is O=C(NCCc1ccccc1)c1ccc(NCc2cccnc2)nn1. The number of anilines is 1. The molecule has 0 atom stereocenters. The highest BCUT2D eigenvalue weighted by molar-refractivity contribution is 5.92. The van der Waals surface area contributed by atoms with E-state index >= 15 is 0 Å². The third-order valence-corrected chi connectivity index (χ3v) is 3.64. The van der Waals surface area contributed by atoms with E-state index in [1.807, 2.05) is 42.5 Å². The Bertz CT molecular complexity index is 791. The van der Waals surface area contributed by atoms with Crippen molar-refractivity contribution in [3.05, 3.63) is 83.8 Å². The molecule has 126 valence electrons. The number of rotatable bonds is 7. The number of aromatic nitrogens is 3. The van der Waals surface area contributed by atoms with E-state index in [-0.39, 0.29) is 5.91 Å². The largest absolute Gasteiger partial charge is 0.364 e. The summed E-state index contributed by atoms with van der Waals surface area (Å²) in [5.41, 5.74) is 2.54. The van der Waals surface area contributed by atoms with Gasteiger partial charge in [-0.3, -0.25) is 9.78 Å². The lowest BCUT2D eigenvalue weighted by Crippen LogP contribution is -2.26. The summed E-state index contributed by atoms with van der Waals surface area (Å²) < 4.78 is 0. The van der Waals surface area contributed by atoms with Crippen molar-refractivity contribution in [2.24, 2.45) is 0 Å². The zero-order chi connectivity index (χ0) is 17.3. The summed E-state index contributed by atoms with van der Waals surface area (Å²) in [6, 6.07) is 17.3. The Hall–Kier alpha value is -3.28. The number of pyridine rings is 1. The second kappa shape index (κ2) is 8.54. The molecule has 2 aromatic heterocycles. The van der Waals surface area contributed by atoms with Gasteiger partial charge in [-0.15, -0.1) is 10.2 Å². The van der Waals surface area contributed by atoms with Crippen LogP contribution < -0.4 is 10.6 Å². The van der Waals surface area contributed by atoms with Crippen molar-refractivity contribution < 1.29 is 4.79 Å². The highest BCUT2D eigenvalue weighted by Gasteiger charge is 2.07. The van der Waals surface area contributed by atoms with Crippen molar-refractivity contribution in [1.29, 1.82) is 0 Å². The predicted octanol–water partition coefficient (Wildman–Crippen LogP) is 2.46. The fourth-order valence-electron chi connectivity index (χ4n) is 2.30.